The number of morpholine rings is 1. The Bertz CT molecular complexity index is 981. The molecular weight excluding hydrogens is 408 g/mol. The number of ether oxygens (including phenoxy) is 2. The number of carbonyl (C=O) groups is 2. The predicted molar refractivity (Wildman–Crippen MR) is 112 cm³/mol. The summed E-state index contributed by atoms with van der Waals surface area (Å²) in [5, 5.41) is 2.80. The third kappa shape index (κ3) is 4.29. The van der Waals surface area contributed by atoms with Gasteiger partial charge in [-0.2, -0.15) is 0 Å². The molecule has 0 spiro atoms. The van der Waals surface area contributed by atoms with Gasteiger partial charge in [-0.3, -0.25) is 9.59 Å². The molecule has 2 aromatic heterocycles. The second-order valence-electron chi connectivity index (χ2n) is 6.73. The summed E-state index contributed by atoms with van der Waals surface area (Å²) in [6.45, 7) is 6.36. The molecule has 2 aromatic rings. The third-order valence-electron chi connectivity index (χ3n) is 4.98. The van der Waals surface area contributed by atoms with Gasteiger partial charge < -0.3 is 19.7 Å². The number of nitrogens with zero attached hydrogens (tertiary/aromatic N) is 3. The minimum absolute atomic E-state index is 0.151. The highest BCUT2D eigenvalue weighted by atomic mass is 35.5. The van der Waals surface area contributed by atoms with Crippen LogP contribution in [0, 0.1) is 0 Å². The number of rotatable bonds is 5. The molecule has 0 unspecified atom stereocenters. The van der Waals surface area contributed by atoms with Crippen molar-refractivity contribution in [1.29, 1.82) is 0 Å². The quantitative estimate of drug-likeness (QED) is 0.579. The first-order valence-corrected chi connectivity index (χ1v) is 9.76. The van der Waals surface area contributed by atoms with Crippen molar-refractivity contribution >= 4 is 23.4 Å². The minimum atomic E-state index is -0.395. The Balaban J connectivity index is 2.05. The summed E-state index contributed by atoms with van der Waals surface area (Å²) in [5.74, 6) is -0.0318. The van der Waals surface area contributed by atoms with E-state index in [1.807, 2.05) is 13.0 Å². The van der Waals surface area contributed by atoms with Crippen LogP contribution in [0.4, 0.5) is 0 Å². The summed E-state index contributed by atoms with van der Waals surface area (Å²) in [6, 6.07) is 4.90. The van der Waals surface area contributed by atoms with Crippen molar-refractivity contribution in [2.45, 2.75) is 19.1 Å². The van der Waals surface area contributed by atoms with E-state index in [4.69, 9.17) is 21.1 Å². The van der Waals surface area contributed by atoms with E-state index in [0.717, 1.165) is 5.56 Å². The van der Waals surface area contributed by atoms with Crippen molar-refractivity contribution in [2.75, 3.05) is 27.3 Å². The van der Waals surface area contributed by atoms with Gasteiger partial charge in [0.05, 0.1) is 31.6 Å². The molecule has 1 saturated heterocycles. The molecule has 3 heterocycles. The number of hydrogen-bond acceptors (Lipinski definition) is 6. The maximum absolute atomic E-state index is 12.2. The van der Waals surface area contributed by atoms with Crippen LogP contribution >= 0.6 is 11.6 Å². The fourth-order valence-electron chi connectivity index (χ4n) is 3.46. The summed E-state index contributed by atoms with van der Waals surface area (Å²) in [4.78, 5) is 34.4. The van der Waals surface area contributed by atoms with E-state index >= 15 is 0 Å². The van der Waals surface area contributed by atoms with Gasteiger partial charge in [0.25, 0.3) is 5.91 Å². The second kappa shape index (κ2) is 9.23. The number of aromatic nitrogens is 2. The minimum Gasteiger partial charge on any atom is -0.494 e. The molecule has 1 N–H and O–H groups in total. The van der Waals surface area contributed by atoms with Crippen LogP contribution in [0.2, 0.25) is 5.15 Å². The number of pyridine rings is 2. The highest BCUT2D eigenvalue weighted by molar-refractivity contribution is 6.29. The number of amides is 2. The molecule has 30 heavy (non-hydrogen) atoms. The van der Waals surface area contributed by atoms with E-state index in [1.54, 1.807) is 17.0 Å². The van der Waals surface area contributed by atoms with Gasteiger partial charge >= 0.3 is 0 Å². The van der Waals surface area contributed by atoms with E-state index in [2.05, 4.69) is 21.9 Å². The van der Waals surface area contributed by atoms with Crippen LogP contribution < -0.4 is 10.1 Å². The second-order valence-corrected chi connectivity index (χ2v) is 7.11. The molecule has 8 nitrogen and oxygen atoms in total. The summed E-state index contributed by atoms with van der Waals surface area (Å²) in [7, 11) is 3.04. The summed E-state index contributed by atoms with van der Waals surface area (Å²) < 4.78 is 11.4. The lowest BCUT2D eigenvalue weighted by atomic mass is 9.99. The van der Waals surface area contributed by atoms with E-state index in [0.29, 0.717) is 30.2 Å². The average Bonchev–Trinajstić information content (AvgIpc) is 2.77. The largest absolute Gasteiger partial charge is 0.494 e. The Hall–Kier alpha value is -2.97. The maximum Gasteiger partial charge on any atom is 0.269 e. The van der Waals surface area contributed by atoms with Gasteiger partial charge in [-0.05, 0) is 36.8 Å². The molecule has 0 saturated carbocycles. The van der Waals surface area contributed by atoms with Crippen molar-refractivity contribution in [2.24, 2.45) is 0 Å². The first kappa shape index (κ1) is 21.7. The van der Waals surface area contributed by atoms with Crippen molar-refractivity contribution in [3.8, 4) is 17.0 Å². The molecule has 3 rings (SSSR count). The van der Waals surface area contributed by atoms with Crippen LogP contribution in [0.1, 0.15) is 29.1 Å². The molecule has 0 radical (unpaired) electrons. The van der Waals surface area contributed by atoms with Crippen molar-refractivity contribution in [3.63, 3.8) is 0 Å². The van der Waals surface area contributed by atoms with Crippen molar-refractivity contribution < 1.29 is 19.1 Å². The van der Waals surface area contributed by atoms with Gasteiger partial charge in [-0.25, -0.2) is 9.97 Å². The summed E-state index contributed by atoms with van der Waals surface area (Å²) in [6.07, 6.45) is 2.37. The molecule has 158 valence electrons. The van der Waals surface area contributed by atoms with Crippen molar-refractivity contribution in [1.82, 2.24) is 20.2 Å². The Kier molecular flexibility index (Phi) is 6.69. The highest BCUT2D eigenvalue weighted by Gasteiger charge is 2.32. The zero-order valence-corrected chi connectivity index (χ0v) is 17.8. The van der Waals surface area contributed by atoms with Gasteiger partial charge in [0, 0.05) is 19.2 Å². The lowest BCUT2D eigenvalue weighted by Gasteiger charge is -2.39. The number of nitrogens with one attached hydrogen (secondary N) is 1. The van der Waals surface area contributed by atoms with Crippen LogP contribution in [0.25, 0.3) is 11.3 Å². The Morgan fingerprint density at radius 1 is 1.40 bits per heavy atom. The first-order chi connectivity index (χ1) is 14.4. The molecule has 0 bridgehead atoms. The van der Waals surface area contributed by atoms with E-state index < -0.39 is 6.10 Å². The molecular formula is C21H23ClN4O4. The first-order valence-electron chi connectivity index (χ1n) is 9.38. The van der Waals surface area contributed by atoms with E-state index in [9.17, 15) is 9.59 Å². The van der Waals surface area contributed by atoms with Gasteiger partial charge in [0.1, 0.15) is 22.7 Å². The number of methoxy groups -OCH3 is 1. The van der Waals surface area contributed by atoms with E-state index in [-0.39, 0.29) is 28.7 Å². The zero-order valence-electron chi connectivity index (χ0n) is 17.0. The third-order valence-corrected chi connectivity index (χ3v) is 5.18. The molecule has 2 atom stereocenters. The van der Waals surface area contributed by atoms with Gasteiger partial charge in [-0.15, -0.1) is 0 Å². The molecule has 0 aromatic carbocycles. The molecule has 1 fully saturated rings. The zero-order chi connectivity index (χ0) is 21.8. The standard InChI is InChI=1S/C21H23ClN4O4/c1-5-19(27)26-6-7-30-20(12(26)2)13-8-15(25-18(22)9-13)14-10-16(21(28)23-3)24-11-17(14)29-4/h5,8-12,20H,1,6-7H2,2-4H3,(H,23,28)/t12-,20+/m0/s1. The Morgan fingerprint density at radius 3 is 2.83 bits per heavy atom. The van der Waals surface area contributed by atoms with Crippen LogP contribution in [0.5, 0.6) is 5.75 Å². The lowest BCUT2D eigenvalue weighted by molar-refractivity contribution is -0.140. The number of hydrogen-bond donors (Lipinski definition) is 1. The number of halogens is 1. The maximum atomic E-state index is 12.2. The van der Waals surface area contributed by atoms with Crippen LogP contribution in [0.15, 0.2) is 37.1 Å². The molecule has 1 aliphatic rings. The SMILES string of the molecule is C=CC(=O)N1CCO[C@@H](c2cc(Cl)nc(-c3cc(C(=O)NC)ncc3OC)c2)[C@@H]1C. The predicted octanol–water partition coefficient (Wildman–Crippen LogP) is 2.64. The van der Waals surface area contributed by atoms with Crippen molar-refractivity contribution in [3.05, 3.63) is 53.5 Å². The van der Waals surface area contributed by atoms with Crippen LogP contribution in [0.3, 0.4) is 0 Å². The molecule has 1 aliphatic heterocycles. The average molecular weight is 431 g/mol. The van der Waals surface area contributed by atoms with E-state index in [1.165, 1.54) is 26.4 Å². The van der Waals surface area contributed by atoms with Gasteiger partial charge in [0.2, 0.25) is 5.91 Å². The fraction of sp³-hybridized carbons (Fsp3) is 0.333. The Morgan fingerprint density at radius 2 is 2.17 bits per heavy atom. The number of carbonyl (C=O) groups excluding carboxylic acids is 2. The smallest absolute Gasteiger partial charge is 0.269 e. The Labute approximate surface area is 179 Å². The summed E-state index contributed by atoms with van der Waals surface area (Å²) in [5.41, 5.74) is 2.06. The highest BCUT2D eigenvalue weighted by Crippen LogP contribution is 2.35. The van der Waals surface area contributed by atoms with Gasteiger partial charge in [0.15, 0.2) is 0 Å². The molecule has 0 aliphatic carbocycles. The van der Waals surface area contributed by atoms with Crippen LogP contribution in [-0.4, -0.2) is 60.0 Å². The lowest BCUT2D eigenvalue weighted by Crippen LogP contribution is -2.48. The summed E-state index contributed by atoms with van der Waals surface area (Å²) >= 11 is 6.32. The molecule has 2 amide bonds. The molecule has 9 heteroatoms. The topological polar surface area (TPSA) is 93.7 Å². The monoisotopic (exact) mass is 430 g/mol. The fourth-order valence-corrected chi connectivity index (χ4v) is 3.68. The van der Waals surface area contributed by atoms with Crippen LogP contribution in [-0.2, 0) is 9.53 Å². The normalized spacial score (nSPS) is 18.6. The van der Waals surface area contributed by atoms with Gasteiger partial charge in [-0.1, -0.05) is 18.2 Å².